The molecule has 0 aromatic carbocycles. The molecule has 0 bridgehead atoms. The molecule has 2 rings (SSSR count). The van der Waals surface area contributed by atoms with Gasteiger partial charge in [0.15, 0.2) is 0 Å². The van der Waals surface area contributed by atoms with Crippen molar-refractivity contribution >= 4 is 42.1 Å². The summed E-state index contributed by atoms with van der Waals surface area (Å²) in [4.78, 5) is 19.0. The number of likely N-dealkylation sites (tertiary alicyclic amines) is 1. The van der Waals surface area contributed by atoms with Crippen molar-refractivity contribution < 1.29 is 9.53 Å². The lowest BCUT2D eigenvalue weighted by atomic mass is 9.98. The van der Waals surface area contributed by atoms with Crippen LogP contribution in [0.15, 0.2) is 5.38 Å². The van der Waals surface area contributed by atoms with Crippen molar-refractivity contribution in [2.75, 3.05) is 26.7 Å². The number of carbonyl (C=O) groups excluding carboxylic acids is 1. The minimum Gasteiger partial charge on any atom is -0.380 e. The summed E-state index contributed by atoms with van der Waals surface area (Å²) in [7, 11) is 1.60. The molecule has 2 unspecified atom stereocenters. The summed E-state index contributed by atoms with van der Waals surface area (Å²) >= 11 is 1.72. The van der Waals surface area contributed by atoms with E-state index >= 15 is 0 Å². The molecule has 1 saturated heterocycles. The van der Waals surface area contributed by atoms with Gasteiger partial charge in [0.05, 0.1) is 23.2 Å². The Morgan fingerprint density at radius 2 is 2.30 bits per heavy atom. The first-order valence-corrected chi connectivity index (χ1v) is 8.50. The van der Waals surface area contributed by atoms with E-state index < -0.39 is 0 Å². The molecule has 134 valence electrons. The highest BCUT2D eigenvalue weighted by molar-refractivity contribution is 7.09. The summed E-state index contributed by atoms with van der Waals surface area (Å²) in [5.74, 6) is 0.524. The molecule has 1 aliphatic rings. The van der Waals surface area contributed by atoms with Crippen molar-refractivity contribution in [2.45, 2.75) is 44.6 Å². The lowest BCUT2D eigenvalue weighted by Gasteiger charge is -2.32. The Balaban J connectivity index is 0.00000242. The SMILES string of the molecule is CCc1csc(C2CCCN(C(=O)CC(CN)OC)C2)n1.Cl.Cl. The van der Waals surface area contributed by atoms with Crippen LogP contribution in [0.2, 0.25) is 0 Å². The van der Waals surface area contributed by atoms with Gasteiger partial charge in [-0.15, -0.1) is 36.2 Å². The van der Waals surface area contributed by atoms with Gasteiger partial charge in [-0.05, 0) is 19.3 Å². The first-order valence-electron chi connectivity index (χ1n) is 7.62. The molecule has 0 aliphatic carbocycles. The number of halogens is 2. The number of rotatable bonds is 6. The van der Waals surface area contributed by atoms with Gasteiger partial charge in [0.1, 0.15) is 0 Å². The second-order valence-corrected chi connectivity index (χ2v) is 6.40. The van der Waals surface area contributed by atoms with Crippen molar-refractivity contribution in [3.8, 4) is 0 Å². The number of piperidine rings is 1. The van der Waals surface area contributed by atoms with Crippen LogP contribution in [0.1, 0.15) is 42.8 Å². The van der Waals surface area contributed by atoms with E-state index in [1.54, 1.807) is 18.4 Å². The quantitative estimate of drug-likeness (QED) is 0.819. The zero-order valence-corrected chi connectivity index (χ0v) is 16.1. The van der Waals surface area contributed by atoms with E-state index in [9.17, 15) is 4.79 Å². The lowest BCUT2D eigenvalue weighted by molar-refractivity contribution is -0.134. The molecule has 1 aromatic heterocycles. The largest absolute Gasteiger partial charge is 0.380 e. The van der Waals surface area contributed by atoms with Crippen LogP contribution in [0.25, 0.3) is 0 Å². The van der Waals surface area contributed by atoms with Gasteiger partial charge >= 0.3 is 0 Å². The van der Waals surface area contributed by atoms with Crippen LogP contribution < -0.4 is 5.73 Å². The van der Waals surface area contributed by atoms with Gasteiger partial charge in [-0.2, -0.15) is 0 Å². The lowest BCUT2D eigenvalue weighted by Crippen LogP contribution is -2.41. The Hall–Kier alpha value is -0.400. The molecule has 2 heterocycles. The minimum atomic E-state index is -0.176. The summed E-state index contributed by atoms with van der Waals surface area (Å²) in [5.41, 5.74) is 6.75. The highest BCUT2D eigenvalue weighted by Crippen LogP contribution is 2.29. The third-order valence-electron chi connectivity index (χ3n) is 4.05. The Morgan fingerprint density at radius 1 is 1.57 bits per heavy atom. The number of nitrogens with zero attached hydrogens (tertiary/aromatic N) is 2. The van der Waals surface area contributed by atoms with Crippen LogP contribution in [0.4, 0.5) is 0 Å². The summed E-state index contributed by atoms with van der Waals surface area (Å²) in [6, 6.07) is 0. The van der Waals surface area contributed by atoms with Gasteiger partial charge < -0.3 is 15.4 Å². The topological polar surface area (TPSA) is 68.5 Å². The molecule has 8 heteroatoms. The van der Waals surface area contributed by atoms with Crippen LogP contribution in [0.3, 0.4) is 0 Å². The molecule has 1 aromatic rings. The molecule has 0 saturated carbocycles. The van der Waals surface area contributed by atoms with Crippen LogP contribution in [-0.2, 0) is 16.0 Å². The number of aryl methyl sites for hydroxylation is 1. The number of nitrogens with two attached hydrogens (primary N) is 1. The van der Waals surface area contributed by atoms with E-state index in [0.29, 0.717) is 18.9 Å². The number of aromatic nitrogens is 1. The Kier molecular flexibility index (Phi) is 11.0. The van der Waals surface area contributed by atoms with Crippen molar-refractivity contribution in [1.82, 2.24) is 9.88 Å². The molecule has 1 amide bonds. The van der Waals surface area contributed by atoms with Crippen molar-refractivity contribution in [3.63, 3.8) is 0 Å². The molecule has 23 heavy (non-hydrogen) atoms. The van der Waals surface area contributed by atoms with Crippen molar-refractivity contribution in [2.24, 2.45) is 5.73 Å². The fraction of sp³-hybridized carbons (Fsp3) is 0.733. The second-order valence-electron chi connectivity index (χ2n) is 5.51. The Labute approximate surface area is 154 Å². The molecule has 0 radical (unpaired) electrons. The number of hydrogen-bond acceptors (Lipinski definition) is 5. The summed E-state index contributed by atoms with van der Waals surface area (Å²) in [5, 5.41) is 3.30. The summed E-state index contributed by atoms with van der Waals surface area (Å²) in [6.07, 6.45) is 3.32. The zero-order chi connectivity index (χ0) is 15.2. The van der Waals surface area contributed by atoms with Gasteiger partial charge in [0, 0.05) is 38.0 Å². The van der Waals surface area contributed by atoms with Gasteiger partial charge in [0.2, 0.25) is 5.91 Å². The maximum Gasteiger partial charge on any atom is 0.225 e. The number of amides is 1. The maximum atomic E-state index is 12.3. The van der Waals surface area contributed by atoms with Gasteiger partial charge in [-0.25, -0.2) is 4.98 Å². The fourth-order valence-electron chi connectivity index (χ4n) is 2.66. The van der Waals surface area contributed by atoms with Crippen LogP contribution >= 0.6 is 36.2 Å². The zero-order valence-electron chi connectivity index (χ0n) is 13.7. The van der Waals surface area contributed by atoms with Gasteiger partial charge in [-0.1, -0.05) is 6.92 Å². The smallest absolute Gasteiger partial charge is 0.225 e. The second kappa shape index (κ2) is 11.2. The summed E-state index contributed by atoms with van der Waals surface area (Å²) < 4.78 is 5.21. The van der Waals surface area contributed by atoms with Crippen LogP contribution in [0, 0.1) is 0 Å². The van der Waals surface area contributed by atoms with E-state index in [0.717, 1.165) is 38.0 Å². The van der Waals surface area contributed by atoms with Crippen LogP contribution in [0.5, 0.6) is 0 Å². The van der Waals surface area contributed by atoms with E-state index in [1.807, 2.05) is 4.90 Å². The number of thiazole rings is 1. The highest BCUT2D eigenvalue weighted by Gasteiger charge is 2.27. The third-order valence-corrected chi connectivity index (χ3v) is 5.11. The molecule has 0 spiro atoms. The highest BCUT2D eigenvalue weighted by atomic mass is 35.5. The molecule has 2 N–H and O–H groups in total. The molecule has 2 atom stereocenters. The number of ether oxygens (including phenoxy) is 1. The van der Waals surface area contributed by atoms with E-state index in [-0.39, 0.29) is 36.8 Å². The fourth-order valence-corrected chi connectivity index (χ4v) is 3.70. The van der Waals surface area contributed by atoms with E-state index in [4.69, 9.17) is 10.5 Å². The van der Waals surface area contributed by atoms with Gasteiger partial charge in [-0.3, -0.25) is 4.79 Å². The predicted molar refractivity (Wildman–Crippen MR) is 99.0 cm³/mol. The third kappa shape index (κ3) is 6.19. The van der Waals surface area contributed by atoms with Crippen molar-refractivity contribution in [1.29, 1.82) is 0 Å². The molecule has 1 aliphatic heterocycles. The number of carbonyl (C=O) groups is 1. The Morgan fingerprint density at radius 3 is 2.87 bits per heavy atom. The predicted octanol–water partition coefficient (Wildman–Crippen LogP) is 2.62. The van der Waals surface area contributed by atoms with E-state index in [1.165, 1.54) is 5.01 Å². The first kappa shape index (κ1) is 22.6. The minimum absolute atomic E-state index is 0. The number of hydrogen-bond donors (Lipinski definition) is 1. The van der Waals surface area contributed by atoms with Crippen molar-refractivity contribution in [3.05, 3.63) is 16.1 Å². The average molecular weight is 384 g/mol. The van der Waals surface area contributed by atoms with Crippen LogP contribution in [-0.4, -0.2) is 48.6 Å². The molecule has 5 nitrogen and oxygen atoms in total. The molecular weight excluding hydrogens is 357 g/mol. The Bertz CT molecular complexity index is 469. The average Bonchev–Trinajstić information content (AvgIpc) is 3.01. The van der Waals surface area contributed by atoms with E-state index in [2.05, 4.69) is 17.3 Å². The number of methoxy groups -OCH3 is 1. The summed E-state index contributed by atoms with van der Waals surface area (Å²) in [6.45, 7) is 4.11. The van der Waals surface area contributed by atoms with Gasteiger partial charge in [0.25, 0.3) is 0 Å². The standard InChI is InChI=1S/C15H25N3O2S.2ClH/c1-3-12-10-21-15(17-12)11-5-4-6-18(9-11)14(19)7-13(8-16)20-2;;/h10-11,13H,3-9,16H2,1-2H3;2*1H. The normalized spacial score (nSPS) is 18.7. The maximum absolute atomic E-state index is 12.3. The monoisotopic (exact) mass is 383 g/mol. The molecular formula is C15H27Cl2N3O2S. The first-order chi connectivity index (χ1) is 10.2. The molecule has 1 fully saturated rings.